The van der Waals surface area contributed by atoms with Crippen LogP contribution in [-0.4, -0.2) is 141 Å². The predicted molar refractivity (Wildman–Crippen MR) is 335 cm³/mol. The Labute approximate surface area is 516 Å². The molecule has 462 valence electrons. The zero-order valence-corrected chi connectivity index (χ0v) is 50.8. The van der Waals surface area contributed by atoms with Crippen molar-refractivity contribution < 1.29 is 51.8 Å². The van der Waals surface area contributed by atoms with E-state index < -0.39 is 45.6 Å². The van der Waals surface area contributed by atoms with Crippen molar-refractivity contribution in [1.82, 2.24) is 35.1 Å². The summed E-state index contributed by atoms with van der Waals surface area (Å²) in [4.78, 5) is 75.1. The van der Waals surface area contributed by atoms with Crippen molar-refractivity contribution in [3.05, 3.63) is 142 Å². The minimum absolute atomic E-state index is 0.0310. The summed E-state index contributed by atoms with van der Waals surface area (Å²) in [6.07, 6.45) is 9.57. The number of nitrogens with zero attached hydrogens (tertiary/aromatic N) is 3. The van der Waals surface area contributed by atoms with E-state index in [-0.39, 0.29) is 57.2 Å². The second-order valence-corrected chi connectivity index (χ2v) is 25.3. The number of imide groups is 2. The van der Waals surface area contributed by atoms with Gasteiger partial charge in [-0.2, -0.15) is 0 Å². The number of H-pyrrole nitrogens is 1. The number of aromatic nitrogens is 2. The first-order valence-corrected chi connectivity index (χ1v) is 31.6. The van der Waals surface area contributed by atoms with Gasteiger partial charge >= 0.3 is 0 Å². The molecule has 8 N–H and O–H groups in total. The molecule has 3 aliphatic heterocycles. The lowest BCUT2D eigenvalue weighted by Crippen LogP contribution is -2.54. The number of piperidine rings is 2. The Hall–Kier alpha value is -8.14. The Morgan fingerprint density at radius 1 is 0.898 bits per heavy atom. The molecule has 6 aromatic rings. The molecule has 5 heterocycles. The number of allylic oxidation sites excluding steroid dienone is 1. The standard InChI is InChI=1S/C65H73ClN10O11S/c1-65(2)24-22-46(53(37-65)43-12-14-47(66)15-13-43)39-67-26-27-68-48-16-18-51(57(35-48)87-49-34-45-23-25-69-60(45)71-40-49)61(78)74-88(83,84)50-17-19-54(55(36-50)73-82)70-38-42-8-7-28-75(41-42)29-31-86-33-32-85-30-5-3-4-9-44-10-6-11-52-59(44)64(81)76(63(52)80)56-20-21-58(77)72-62(56)79/h6,10-19,23,25,34-36,40,42,56,67-68,70,73,82H,3,5,7-8,20-22,24,26-33,37-39,41H2,1-2H3,(H,69,71)(H,74,78)(H,72,77,79). The van der Waals surface area contributed by atoms with E-state index in [1.807, 2.05) is 18.2 Å². The van der Waals surface area contributed by atoms with Gasteiger partial charge in [0, 0.05) is 92.6 Å². The van der Waals surface area contributed by atoms with Crippen molar-refractivity contribution in [3.63, 3.8) is 0 Å². The second-order valence-electron chi connectivity index (χ2n) is 23.2. The lowest BCUT2D eigenvalue weighted by molar-refractivity contribution is -0.136. The molecule has 21 nitrogen and oxygen atoms in total. The second kappa shape index (κ2) is 28.8. The maximum absolute atomic E-state index is 14.0. The third-order valence-electron chi connectivity index (χ3n) is 16.2. The number of carbonyl (C=O) groups is 5. The van der Waals surface area contributed by atoms with Gasteiger partial charge in [0.1, 0.15) is 23.2 Å². The quantitative estimate of drug-likeness (QED) is 0.0109. The molecule has 4 aliphatic rings. The van der Waals surface area contributed by atoms with Gasteiger partial charge in [-0.25, -0.2) is 18.1 Å². The monoisotopic (exact) mass is 1240 g/mol. The van der Waals surface area contributed by atoms with Gasteiger partial charge in [0.25, 0.3) is 27.7 Å². The van der Waals surface area contributed by atoms with Crippen molar-refractivity contribution in [1.29, 1.82) is 0 Å². The number of likely N-dealkylation sites (tertiary alicyclic amines) is 1. The minimum Gasteiger partial charge on any atom is -0.455 e. The summed E-state index contributed by atoms with van der Waals surface area (Å²) in [5.74, 6) is 3.59. The minimum atomic E-state index is -4.47. The smallest absolute Gasteiger partial charge is 0.268 e. The number of fused-ring (bicyclic) bond motifs is 2. The molecule has 0 radical (unpaired) electrons. The maximum atomic E-state index is 14.0. The summed E-state index contributed by atoms with van der Waals surface area (Å²) in [7, 11) is -4.47. The van der Waals surface area contributed by atoms with Crippen LogP contribution in [0.2, 0.25) is 5.02 Å². The molecule has 2 fully saturated rings. The molecule has 88 heavy (non-hydrogen) atoms. The van der Waals surface area contributed by atoms with Crippen molar-refractivity contribution in [2.24, 2.45) is 11.3 Å². The van der Waals surface area contributed by atoms with Crippen molar-refractivity contribution in [3.8, 4) is 23.3 Å². The molecule has 2 aromatic heterocycles. The Morgan fingerprint density at radius 3 is 2.55 bits per heavy atom. The van der Waals surface area contributed by atoms with E-state index in [9.17, 15) is 37.6 Å². The fourth-order valence-electron chi connectivity index (χ4n) is 11.5. The van der Waals surface area contributed by atoms with Crippen molar-refractivity contribution in [2.45, 2.75) is 82.6 Å². The number of ether oxygens (including phenoxy) is 3. The third kappa shape index (κ3) is 15.8. The van der Waals surface area contributed by atoms with Gasteiger partial charge in [-0.05, 0) is 141 Å². The number of carbonyl (C=O) groups excluding carboxylic acids is 5. The zero-order valence-electron chi connectivity index (χ0n) is 49.3. The van der Waals surface area contributed by atoms with Crippen LogP contribution < -0.4 is 36.2 Å². The normalized spacial score (nSPS) is 17.8. The summed E-state index contributed by atoms with van der Waals surface area (Å²) < 4.78 is 47.9. The van der Waals surface area contributed by atoms with Gasteiger partial charge < -0.3 is 40.0 Å². The molecular weight excluding hydrogens is 1160 g/mol. The van der Waals surface area contributed by atoms with Crippen LogP contribution in [0.25, 0.3) is 16.6 Å². The van der Waals surface area contributed by atoms with E-state index in [0.717, 1.165) is 68.6 Å². The Bertz CT molecular complexity index is 3790. The number of hydrogen-bond acceptors (Lipinski definition) is 17. The number of rotatable bonds is 26. The number of pyridine rings is 1. The van der Waals surface area contributed by atoms with E-state index >= 15 is 0 Å². The fourth-order valence-corrected chi connectivity index (χ4v) is 12.6. The van der Waals surface area contributed by atoms with E-state index in [4.69, 9.17) is 25.8 Å². The van der Waals surface area contributed by atoms with E-state index in [1.54, 1.807) is 48.7 Å². The largest absolute Gasteiger partial charge is 0.455 e. The van der Waals surface area contributed by atoms with Gasteiger partial charge in [-0.1, -0.05) is 61.1 Å². The van der Waals surface area contributed by atoms with Crippen molar-refractivity contribution >= 4 is 84.8 Å². The first kappa shape index (κ1) is 62.9. The number of hydrogen-bond donors (Lipinski definition) is 8. The Balaban J connectivity index is 0.661. The maximum Gasteiger partial charge on any atom is 0.268 e. The van der Waals surface area contributed by atoms with Crippen LogP contribution in [0.5, 0.6) is 11.5 Å². The van der Waals surface area contributed by atoms with Crippen LogP contribution >= 0.6 is 11.6 Å². The number of halogens is 1. The molecule has 23 heteroatoms. The highest BCUT2D eigenvalue weighted by molar-refractivity contribution is 7.90. The molecule has 0 spiro atoms. The van der Waals surface area contributed by atoms with Gasteiger partial charge in [0.2, 0.25) is 11.8 Å². The SMILES string of the molecule is CC1(C)CCC(CNCCNc2ccc(C(=O)NS(=O)(=O)c3ccc(NCC4CCCN(CCOCCOCCCC#Cc5cccc6c5C(=O)N(C5CCC(=O)NC5=O)C6=O)C4)c(NO)c3)c(Oc3cnc4[nH]ccc4c3)c2)=C(c2ccc(Cl)cc2)C1. The first-order valence-electron chi connectivity index (χ1n) is 29.8. The molecule has 0 saturated carbocycles. The van der Waals surface area contributed by atoms with Gasteiger partial charge in [-0.15, -0.1) is 0 Å². The first-order chi connectivity index (χ1) is 42.5. The molecule has 10 rings (SSSR count). The molecule has 2 unspecified atom stereocenters. The predicted octanol–water partition coefficient (Wildman–Crippen LogP) is 8.98. The molecule has 1 aliphatic carbocycles. The highest BCUT2D eigenvalue weighted by Gasteiger charge is 2.45. The van der Waals surface area contributed by atoms with E-state index in [1.165, 1.54) is 41.1 Å². The van der Waals surface area contributed by atoms with Gasteiger partial charge in [0.05, 0.1) is 59.0 Å². The highest BCUT2D eigenvalue weighted by Crippen LogP contribution is 2.43. The molecule has 5 amide bonds. The van der Waals surface area contributed by atoms with E-state index in [0.29, 0.717) is 92.3 Å². The number of nitrogens with one attached hydrogen (secondary N) is 7. The zero-order chi connectivity index (χ0) is 61.8. The summed E-state index contributed by atoms with van der Waals surface area (Å²) in [5, 5.41) is 24.3. The lowest BCUT2D eigenvalue weighted by atomic mass is 9.72. The van der Waals surface area contributed by atoms with Crippen LogP contribution in [0.15, 0.2) is 114 Å². The molecular formula is C65H73ClN10O11S. The number of benzene rings is 4. The summed E-state index contributed by atoms with van der Waals surface area (Å²) in [6, 6.07) is 24.5. The Morgan fingerprint density at radius 2 is 1.73 bits per heavy atom. The summed E-state index contributed by atoms with van der Waals surface area (Å²) >= 11 is 6.22. The van der Waals surface area contributed by atoms with Gasteiger partial charge in [0.15, 0.2) is 0 Å². The molecule has 4 aromatic carbocycles. The molecule has 2 saturated heterocycles. The number of aromatic amines is 1. The summed E-state index contributed by atoms with van der Waals surface area (Å²) in [5.41, 5.74) is 8.89. The lowest BCUT2D eigenvalue weighted by Gasteiger charge is -2.34. The van der Waals surface area contributed by atoms with Crippen molar-refractivity contribution in [2.75, 3.05) is 88.4 Å². The van der Waals surface area contributed by atoms with E-state index in [2.05, 4.69) is 84.2 Å². The third-order valence-corrected chi connectivity index (χ3v) is 17.8. The van der Waals surface area contributed by atoms with Gasteiger partial charge in [-0.3, -0.25) is 44.9 Å². The number of amides is 5. The summed E-state index contributed by atoms with van der Waals surface area (Å²) in [6.45, 7) is 11.4. The average molecular weight is 1240 g/mol. The Kier molecular flexibility index (Phi) is 20.6. The molecule has 0 bridgehead atoms. The number of sulfonamides is 1. The topological polar surface area (TPSA) is 275 Å². The fraction of sp³-hybridized carbons (Fsp3) is 0.385. The highest BCUT2D eigenvalue weighted by atomic mass is 35.5. The number of anilines is 3. The molecule has 2 atom stereocenters. The average Bonchev–Trinajstić information content (AvgIpc) is 2.76. The van der Waals surface area contributed by atoms with Crippen LogP contribution in [0.4, 0.5) is 17.1 Å². The number of unbranched alkanes of at least 4 members (excludes halogenated alkanes) is 1. The van der Waals surface area contributed by atoms with Crippen LogP contribution in [0.1, 0.15) is 114 Å². The van der Waals surface area contributed by atoms with Crippen LogP contribution in [0.3, 0.4) is 0 Å². The van der Waals surface area contributed by atoms with Crippen LogP contribution in [-0.2, 0) is 29.1 Å². The van der Waals surface area contributed by atoms with Crippen LogP contribution in [0, 0.1) is 23.2 Å².